The highest BCUT2D eigenvalue weighted by Gasteiger charge is 2.30. The molecule has 21 heavy (non-hydrogen) atoms. The van der Waals surface area contributed by atoms with E-state index in [1.807, 2.05) is 30.3 Å². The molecule has 1 aliphatic rings. The molecule has 0 unspecified atom stereocenters. The van der Waals surface area contributed by atoms with Crippen molar-refractivity contribution in [2.75, 3.05) is 18.4 Å². The van der Waals surface area contributed by atoms with Crippen molar-refractivity contribution in [3.8, 4) is 0 Å². The second kappa shape index (κ2) is 6.14. The van der Waals surface area contributed by atoms with Gasteiger partial charge in [-0.3, -0.25) is 4.98 Å². The molecule has 1 aromatic carbocycles. The van der Waals surface area contributed by atoms with Crippen LogP contribution >= 0.6 is 11.6 Å². The predicted octanol–water partition coefficient (Wildman–Crippen LogP) is 3.44. The van der Waals surface area contributed by atoms with Crippen LogP contribution in [0.2, 0.25) is 5.02 Å². The molecule has 108 valence electrons. The number of hydrogen-bond donors (Lipinski definition) is 1. The number of likely N-dealkylation sites (tertiary alicyclic amines) is 1. The summed E-state index contributed by atoms with van der Waals surface area (Å²) in [5.41, 5.74) is 1.87. The van der Waals surface area contributed by atoms with Crippen LogP contribution in [0.3, 0.4) is 0 Å². The Bertz CT molecular complexity index is 626. The monoisotopic (exact) mass is 301 g/mol. The van der Waals surface area contributed by atoms with Gasteiger partial charge >= 0.3 is 6.03 Å². The lowest BCUT2D eigenvalue weighted by molar-refractivity contribution is 0.131. The molecule has 1 fully saturated rings. The van der Waals surface area contributed by atoms with E-state index in [0.29, 0.717) is 5.92 Å². The van der Waals surface area contributed by atoms with E-state index in [-0.39, 0.29) is 6.03 Å². The molecule has 0 aliphatic carbocycles. The molecule has 2 heterocycles. The number of rotatable bonds is 3. The molecule has 1 aliphatic heterocycles. The minimum absolute atomic E-state index is 0.0709. The Kier molecular flexibility index (Phi) is 4.06. The summed E-state index contributed by atoms with van der Waals surface area (Å²) >= 11 is 6.16. The van der Waals surface area contributed by atoms with Gasteiger partial charge in [0.15, 0.2) is 0 Å². The minimum Gasteiger partial charge on any atom is -0.324 e. The molecule has 0 spiro atoms. The number of aromatic nitrogens is 1. The molecule has 1 N–H and O–H groups in total. The molecule has 0 saturated carbocycles. The Morgan fingerprint density at radius 1 is 1.29 bits per heavy atom. The van der Waals surface area contributed by atoms with Crippen molar-refractivity contribution < 1.29 is 4.79 Å². The van der Waals surface area contributed by atoms with Crippen LogP contribution in [-0.2, 0) is 6.42 Å². The largest absolute Gasteiger partial charge is 0.324 e. The summed E-state index contributed by atoms with van der Waals surface area (Å²) in [5.74, 6) is 0.476. The van der Waals surface area contributed by atoms with Crippen molar-refractivity contribution in [2.24, 2.45) is 5.92 Å². The third-order valence-electron chi connectivity index (χ3n) is 3.62. The fourth-order valence-electron chi connectivity index (χ4n) is 2.48. The van der Waals surface area contributed by atoms with Crippen LogP contribution in [0.4, 0.5) is 10.5 Å². The second-order valence-corrected chi connectivity index (χ2v) is 5.65. The zero-order chi connectivity index (χ0) is 14.7. The summed E-state index contributed by atoms with van der Waals surface area (Å²) in [5, 5.41) is 3.64. The Balaban J connectivity index is 1.49. The third kappa shape index (κ3) is 3.34. The maximum Gasteiger partial charge on any atom is 0.321 e. The molecule has 5 heteroatoms. The van der Waals surface area contributed by atoms with E-state index < -0.39 is 0 Å². The van der Waals surface area contributed by atoms with Crippen LogP contribution in [-0.4, -0.2) is 29.0 Å². The predicted molar refractivity (Wildman–Crippen MR) is 83.5 cm³/mol. The van der Waals surface area contributed by atoms with Gasteiger partial charge in [0.05, 0.1) is 11.9 Å². The van der Waals surface area contributed by atoms with Crippen LogP contribution in [0.1, 0.15) is 5.56 Å². The zero-order valence-electron chi connectivity index (χ0n) is 11.5. The first-order valence-corrected chi connectivity index (χ1v) is 7.29. The molecule has 1 saturated heterocycles. The third-order valence-corrected chi connectivity index (χ3v) is 3.99. The number of urea groups is 1. The second-order valence-electron chi connectivity index (χ2n) is 5.24. The first kappa shape index (κ1) is 13.9. The Hall–Kier alpha value is -2.07. The van der Waals surface area contributed by atoms with Gasteiger partial charge in [0.2, 0.25) is 0 Å². The maximum atomic E-state index is 12.0. The number of benzene rings is 1. The lowest BCUT2D eigenvalue weighted by Gasteiger charge is -2.39. The highest BCUT2D eigenvalue weighted by Crippen LogP contribution is 2.25. The van der Waals surface area contributed by atoms with Gasteiger partial charge in [-0.1, -0.05) is 29.8 Å². The molecule has 0 atom stereocenters. The fraction of sp³-hybridized carbons (Fsp3) is 0.250. The van der Waals surface area contributed by atoms with Crippen molar-refractivity contribution >= 4 is 23.3 Å². The van der Waals surface area contributed by atoms with E-state index in [9.17, 15) is 4.79 Å². The smallest absolute Gasteiger partial charge is 0.321 e. The van der Waals surface area contributed by atoms with Crippen molar-refractivity contribution in [3.63, 3.8) is 0 Å². The molecule has 0 bridgehead atoms. The van der Waals surface area contributed by atoms with Crippen molar-refractivity contribution in [3.05, 3.63) is 59.4 Å². The molecular formula is C16H16ClN3O. The number of pyridine rings is 1. The van der Waals surface area contributed by atoms with Gasteiger partial charge in [-0.25, -0.2) is 4.79 Å². The van der Waals surface area contributed by atoms with Crippen LogP contribution in [0.5, 0.6) is 0 Å². The molecule has 1 aromatic heterocycles. The van der Waals surface area contributed by atoms with Gasteiger partial charge in [0.1, 0.15) is 0 Å². The van der Waals surface area contributed by atoms with E-state index in [1.165, 1.54) is 0 Å². The quantitative estimate of drug-likeness (QED) is 0.944. The SMILES string of the molecule is O=C(Nc1cccnc1)N1CC(Cc2ccccc2Cl)C1. The van der Waals surface area contributed by atoms with Crippen LogP contribution in [0.15, 0.2) is 48.8 Å². The average Bonchev–Trinajstić information content (AvgIpc) is 2.45. The molecule has 2 aromatic rings. The summed E-state index contributed by atoms with van der Waals surface area (Å²) in [6.07, 6.45) is 4.23. The van der Waals surface area contributed by atoms with E-state index in [1.54, 1.807) is 23.4 Å². The Morgan fingerprint density at radius 2 is 2.10 bits per heavy atom. The summed E-state index contributed by atoms with van der Waals surface area (Å²) < 4.78 is 0. The number of hydrogen-bond acceptors (Lipinski definition) is 2. The lowest BCUT2D eigenvalue weighted by Crippen LogP contribution is -2.52. The first-order valence-electron chi connectivity index (χ1n) is 6.92. The molecule has 0 radical (unpaired) electrons. The number of nitrogens with zero attached hydrogens (tertiary/aromatic N) is 2. The van der Waals surface area contributed by atoms with Crippen molar-refractivity contribution in [2.45, 2.75) is 6.42 Å². The highest BCUT2D eigenvalue weighted by atomic mass is 35.5. The highest BCUT2D eigenvalue weighted by molar-refractivity contribution is 6.31. The lowest BCUT2D eigenvalue weighted by atomic mass is 9.92. The number of carbonyl (C=O) groups is 1. The van der Waals surface area contributed by atoms with E-state index in [4.69, 9.17) is 11.6 Å². The normalized spacial score (nSPS) is 14.6. The molecule has 3 rings (SSSR count). The minimum atomic E-state index is -0.0709. The van der Waals surface area contributed by atoms with Gasteiger partial charge in [-0.05, 0) is 36.1 Å². The van der Waals surface area contributed by atoms with E-state index in [0.717, 1.165) is 35.8 Å². The standard InChI is InChI=1S/C16H16ClN3O/c17-15-6-2-1-4-13(15)8-12-10-20(11-12)16(21)19-14-5-3-7-18-9-14/h1-7,9,12H,8,10-11H2,(H,19,21). The Labute approximate surface area is 128 Å². The van der Waals surface area contributed by atoms with Crippen molar-refractivity contribution in [1.29, 1.82) is 0 Å². The van der Waals surface area contributed by atoms with E-state index >= 15 is 0 Å². The van der Waals surface area contributed by atoms with Crippen LogP contribution < -0.4 is 5.32 Å². The molecule has 2 amide bonds. The summed E-state index contributed by atoms with van der Waals surface area (Å²) in [6, 6.07) is 11.4. The van der Waals surface area contributed by atoms with Gasteiger partial charge < -0.3 is 10.2 Å². The number of nitrogens with one attached hydrogen (secondary N) is 1. The molecular weight excluding hydrogens is 286 g/mol. The van der Waals surface area contributed by atoms with Crippen molar-refractivity contribution in [1.82, 2.24) is 9.88 Å². The number of carbonyl (C=O) groups excluding carboxylic acids is 1. The fourth-order valence-corrected chi connectivity index (χ4v) is 2.69. The van der Waals surface area contributed by atoms with Gasteiger partial charge in [-0.15, -0.1) is 0 Å². The first-order chi connectivity index (χ1) is 10.2. The Morgan fingerprint density at radius 3 is 2.81 bits per heavy atom. The van der Waals surface area contributed by atoms with E-state index in [2.05, 4.69) is 10.3 Å². The topological polar surface area (TPSA) is 45.2 Å². The van der Waals surface area contributed by atoms with Gasteiger partial charge in [0.25, 0.3) is 0 Å². The summed E-state index contributed by atoms with van der Waals surface area (Å²) in [6.45, 7) is 1.52. The zero-order valence-corrected chi connectivity index (χ0v) is 12.3. The van der Waals surface area contributed by atoms with Gasteiger partial charge in [0, 0.05) is 24.3 Å². The number of amides is 2. The van der Waals surface area contributed by atoms with Crippen LogP contribution in [0, 0.1) is 5.92 Å². The average molecular weight is 302 g/mol. The molecule has 4 nitrogen and oxygen atoms in total. The van der Waals surface area contributed by atoms with Crippen LogP contribution in [0.25, 0.3) is 0 Å². The number of anilines is 1. The maximum absolute atomic E-state index is 12.0. The summed E-state index contributed by atoms with van der Waals surface area (Å²) in [7, 11) is 0. The van der Waals surface area contributed by atoms with Gasteiger partial charge in [-0.2, -0.15) is 0 Å². The summed E-state index contributed by atoms with van der Waals surface area (Å²) in [4.78, 5) is 17.8. The number of halogens is 1.